The highest BCUT2D eigenvalue weighted by Crippen LogP contribution is 2.17. The Hall–Kier alpha value is -3.00. The summed E-state index contributed by atoms with van der Waals surface area (Å²) < 4.78 is 5.00. The maximum Gasteiger partial charge on any atom is 0.340 e. The minimum absolute atomic E-state index is 0.261. The molecule has 0 radical (unpaired) electrons. The van der Waals surface area contributed by atoms with Crippen LogP contribution in [-0.4, -0.2) is 60.5 Å². The summed E-state index contributed by atoms with van der Waals surface area (Å²) in [5, 5.41) is 5.77. The van der Waals surface area contributed by atoms with Crippen molar-refractivity contribution in [2.24, 2.45) is 0 Å². The van der Waals surface area contributed by atoms with Crippen LogP contribution in [0.5, 0.6) is 0 Å². The molecule has 2 rings (SSSR count). The van der Waals surface area contributed by atoms with Crippen LogP contribution in [-0.2, 0) is 4.74 Å². The number of esters is 1. The molecule has 0 aliphatic heterocycles. The molecule has 2 N–H and O–H groups in total. The number of benzene rings is 1. The summed E-state index contributed by atoms with van der Waals surface area (Å²) in [5.74, 6) is -0.433. The SMILES string of the molecule is CCOC(=O)c1ccccc1NC(=O)c1cnc(NCCN(C)C)nc1. The molecule has 1 heterocycles. The molecule has 0 saturated heterocycles. The summed E-state index contributed by atoms with van der Waals surface area (Å²) in [4.78, 5) is 34.7. The molecule has 0 spiro atoms. The first-order valence-electron chi connectivity index (χ1n) is 8.29. The van der Waals surface area contributed by atoms with Gasteiger partial charge in [0.15, 0.2) is 0 Å². The molecule has 0 bridgehead atoms. The van der Waals surface area contributed by atoms with Gasteiger partial charge in [-0.1, -0.05) is 12.1 Å². The van der Waals surface area contributed by atoms with E-state index < -0.39 is 11.9 Å². The smallest absolute Gasteiger partial charge is 0.340 e. The third kappa shape index (κ3) is 5.52. The lowest BCUT2D eigenvalue weighted by Gasteiger charge is -2.11. The number of carbonyl (C=O) groups excluding carboxylic acids is 2. The lowest BCUT2D eigenvalue weighted by molar-refractivity contribution is 0.0527. The van der Waals surface area contributed by atoms with Gasteiger partial charge in [0.05, 0.1) is 23.4 Å². The van der Waals surface area contributed by atoms with Crippen LogP contribution in [0.25, 0.3) is 0 Å². The second-order valence-corrected chi connectivity index (χ2v) is 5.75. The highest BCUT2D eigenvalue weighted by Gasteiger charge is 2.15. The quantitative estimate of drug-likeness (QED) is 0.696. The van der Waals surface area contributed by atoms with Crippen molar-refractivity contribution in [1.29, 1.82) is 0 Å². The van der Waals surface area contributed by atoms with Gasteiger partial charge in [-0.05, 0) is 33.2 Å². The van der Waals surface area contributed by atoms with Crippen LogP contribution in [0.4, 0.5) is 11.6 Å². The Morgan fingerprint density at radius 1 is 1.15 bits per heavy atom. The standard InChI is InChI=1S/C18H23N5O3/c1-4-26-17(25)14-7-5-6-8-15(14)22-16(24)13-11-20-18(21-12-13)19-9-10-23(2)3/h5-8,11-12H,4,9-10H2,1-3H3,(H,22,24)(H,19,20,21). The van der Waals surface area contributed by atoms with Gasteiger partial charge in [-0.3, -0.25) is 4.79 Å². The van der Waals surface area contributed by atoms with E-state index in [-0.39, 0.29) is 6.61 Å². The number of ether oxygens (including phenoxy) is 1. The Morgan fingerprint density at radius 2 is 1.85 bits per heavy atom. The molecule has 1 aromatic carbocycles. The zero-order chi connectivity index (χ0) is 18.9. The molecule has 0 aliphatic carbocycles. The Morgan fingerprint density at radius 3 is 2.50 bits per heavy atom. The predicted octanol–water partition coefficient (Wildman–Crippen LogP) is 1.88. The molecule has 26 heavy (non-hydrogen) atoms. The van der Waals surface area contributed by atoms with Gasteiger partial charge in [0.2, 0.25) is 5.95 Å². The molecular formula is C18H23N5O3. The lowest BCUT2D eigenvalue weighted by Crippen LogP contribution is -2.21. The Bertz CT molecular complexity index is 747. The van der Waals surface area contributed by atoms with Gasteiger partial charge in [-0.15, -0.1) is 0 Å². The molecule has 8 nitrogen and oxygen atoms in total. The molecule has 1 aromatic heterocycles. The number of para-hydroxylation sites is 1. The van der Waals surface area contributed by atoms with Crippen molar-refractivity contribution >= 4 is 23.5 Å². The predicted molar refractivity (Wildman–Crippen MR) is 99.4 cm³/mol. The third-order valence-corrected chi connectivity index (χ3v) is 3.43. The highest BCUT2D eigenvalue weighted by atomic mass is 16.5. The van der Waals surface area contributed by atoms with Crippen LogP contribution in [0, 0.1) is 0 Å². The van der Waals surface area contributed by atoms with Crippen LogP contribution >= 0.6 is 0 Å². The first-order valence-corrected chi connectivity index (χ1v) is 8.29. The summed E-state index contributed by atoms with van der Waals surface area (Å²) in [6.45, 7) is 3.53. The fourth-order valence-corrected chi connectivity index (χ4v) is 2.10. The fourth-order valence-electron chi connectivity index (χ4n) is 2.10. The third-order valence-electron chi connectivity index (χ3n) is 3.43. The first kappa shape index (κ1) is 19.3. The van der Waals surface area contributed by atoms with Crippen LogP contribution in [0.2, 0.25) is 0 Å². The van der Waals surface area contributed by atoms with Crippen molar-refractivity contribution in [3.63, 3.8) is 0 Å². The summed E-state index contributed by atoms with van der Waals surface area (Å²) in [6.07, 6.45) is 2.88. The van der Waals surface area contributed by atoms with Crippen molar-refractivity contribution in [2.75, 3.05) is 44.4 Å². The second-order valence-electron chi connectivity index (χ2n) is 5.75. The van der Waals surface area contributed by atoms with E-state index in [9.17, 15) is 9.59 Å². The van der Waals surface area contributed by atoms with Crippen LogP contribution < -0.4 is 10.6 Å². The fraction of sp³-hybridized carbons (Fsp3) is 0.333. The number of nitrogens with zero attached hydrogens (tertiary/aromatic N) is 3. The monoisotopic (exact) mass is 357 g/mol. The molecule has 1 amide bonds. The number of rotatable bonds is 8. The van der Waals surface area contributed by atoms with E-state index in [0.29, 0.717) is 29.3 Å². The van der Waals surface area contributed by atoms with E-state index in [1.165, 1.54) is 12.4 Å². The summed E-state index contributed by atoms with van der Waals surface area (Å²) in [5.41, 5.74) is 0.969. The number of hydrogen-bond donors (Lipinski definition) is 2. The van der Waals surface area contributed by atoms with Gasteiger partial charge in [0.1, 0.15) is 0 Å². The van der Waals surface area contributed by atoms with Crippen molar-refractivity contribution in [3.05, 3.63) is 47.8 Å². The van der Waals surface area contributed by atoms with Gasteiger partial charge < -0.3 is 20.3 Å². The van der Waals surface area contributed by atoms with E-state index in [0.717, 1.165) is 6.54 Å². The van der Waals surface area contributed by atoms with Crippen LogP contribution in [0.1, 0.15) is 27.6 Å². The zero-order valence-electron chi connectivity index (χ0n) is 15.2. The average Bonchev–Trinajstić information content (AvgIpc) is 2.62. The Kier molecular flexibility index (Phi) is 7.04. The normalized spacial score (nSPS) is 10.5. The molecular weight excluding hydrogens is 334 g/mol. The summed E-state index contributed by atoms with van der Waals surface area (Å²) in [7, 11) is 3.95. The highest BCUT2D eigenvalue weighted by molar-refractivity contribution is 6.07. The maximum absolute atomic E-state index is 12.4. The first-order chi connectivity index (χ1) is 12.5. The molecule has 138 valence electrons. The molecule has 0 unspecified atom stereocenters. The average molecular weight is 357 g/mol. The van der Waals surface area contributed by atoms with Gasteiger partial charge in [0.25, 0.3) is 5.91 Å². The minimum atomic E-state index is -0.486. The number of hydrogen-bond acceptors (Lipinski definition) is 7. The van der Waals surface area contributed by atoms with Crippen LogP contribution in [0.15, 0.2) is 36.7 Å². The lowest BCUT2D eigenvalue weighted by atomic mass is 10.1. The topological polar surface area (TPSA) is 96.4 Å². The van der Waals surface area contributed by atoms with Gasteiger partial charge in [-0.2, -0.15) is 0 Å². The second kappa shape index (κ2) is 9.47. The van der Waals surface area contributed by atoms with Gasteiger partial charge in [0, 0.05) is 25.5 Å². The van der Waals surface area contributed by atoms with Crippen molar-refractivity contribution in [3.8, 4) is 0 Å². The number of anilines is 2. The Labute approximate surface area is 152 Å². The van der Waals surface area contributed by atoms with E-state index in [4.69, 9.17) is 4.74 Å². The number of amides is 1. The molecule has 0 saturated carbocycles. The molecule has 0 fully saturated rings. The van der Waals surface area contributed by atoms with E-state index in [1.807, 2.05) is 19.0 Å². The van der Waals surface area contributed by atoms with E-state index in [2.05, 4.69) is 20.6 Å². The Balaban J connectivity index is 2.03. The molecule has 2 aromatic rings. The van der Waals surface area contributed by atoms with Crippen molar-refractivity contribution in [1.82, 2.24) is 14.9 Å². The number of carbonyl (C=O) groups is 2. The van der Waals surface area contributed by atoms with Gasteiger partial charge >= 0.3 is 5.97 Å². The van der Waals surface area contributed by atoms with Crippen molar-refractivity contribution < 1.29 is 14.3 Å². The largest absolute Gasteiger partial charge is 0.462 e. The van der Waals surface area contributed by atoms with Crippen molar-refractivity contribution in [2.45, 2.75) is 6.92 Å². The summed E-state index contributed by atoms with van der Waals surface area (Å²) in [6, 6.07) is 6.68. The summed E-state index contributed by atoms with van der Waals surface area (Å²) >= 11 is 0. The minimum Gasteiger partial charge on any atom is -0.462 e. The number of nitrogens with one attached hydrogen (secondary N) is 2. The zero-order valence-corrected chi connectivity index (χ0v) is 15.2. The molecule has 0 atom stereocenters. The maximum atomic E-state index is 12.4. The molecule has 0 aliphatic rings. The van der Waals surface area contributed by atoms with Gasteiger partial charge in [-0.25, -0.2) is 14.8 Å². The molecule has 8 heteroatoms. The number of likely N-dealkylation sites (N-methyl/N-ethyl adjacent to an activating group) is 1. The van der Waals surface area contributed by atoms with E-state index in [1.54, 1.807) is 31.2 Å². The van der Waals surface area contributed by atoms with Crippen LogP contribution in [0.3, 0.4) is 0 Å². The number of aromatic nitrogens is 2. The van der Waals surface area contributed by atoms with E-state index >= 15 is 0 Å².